The molecule has 0 atom stereocenters. The summed E-state index contributed by atoms with van der Waals surface area (Å²) in [5, 5.41) is 9.23. The van der Waals surface area contributed by atoms with Gasteiger partial charge in [-0.3, -0.25) is 4.99 Å². The first-order valence-electron chi connectivity index (χ1n) is 6.07. The summed E-state index contributed by atoms with van der Waals surface area (Å²) >= 11 is 0. The van der Waals surface area contributed by atoms with Crippen molar-refractivity contribution in [2.24, 2.45) is 4.99 Å². The predicted octanol–water partition coefficient (Wildman–Crippen LogP) is 2.88. The summed E-state index contributed by atoms with van der Waals surface area (Å²) in [7, 11) is 1.59. The fourth-order valence-electron chi connectivity index (χ4n) is 1.90. The van der Waals surface area contributed by atoms with Gasteiger partial charge in [0, 0.05) is 17.8 Å². The summed E-state index contributed by atoms with van der Waals surface area (Å²) in [5.41, 5.74) is 1.53. The summed E-state index contributed by atoms with van der Waals surface area (Å²) in [4.78, 5) is 4.34. The number of hydrogen-bond acceptors (Lipinski definition) is 5. The molecule has 0 saturated carbocycles. The van der Waals surface area contributed by atoms with Crippen LogP contribution < -0.4 is 14.2 Å². The number of nitrogens with zero attached hydrogens (tertiary/aromatic N) is 1. The number of hydrogen-bond donors (Lipinski definition) is 1. The molecule has 0 spiro atoms. The quantitative estimate of drug-likeness (QED) is 0.872. The van der Waals surface area contributed by atoms with E-state index in [1.807, 2.05) is 6.07 Å². The molecule has 2 aromatic carbocycles. The van der Waals surface area contributed by atoms with Crippen molar-refractivity contribution >= 4 is 11.9 Å². The van der Waals surface area contributed by atoms with Crippen LogP contribution in [0.5, 0.6) is 23.0 Å². The molecule has 0 amide bonds. The highest BCUT2D eigenvalue weighted by Gasteiger charge is 2.16. The van der Waals surface area contributed by atoms with Crippen LogP contribution in [0.1, 0.15) is 5.56 Å². The average molecular weight is 271 g/mol. The fourth-order valence-corrected chi connectivity index (χ4v) is 1.90. The third-order valence-electron chi connectivity index (χ3n) is 2.93. The number of phenols is 1. The first-order chi connectivity index (χ1) is 9.76. The van der Waals surface area contributed by atoms with Gasteiger partial charge in [-0.15, -0.1) is 0 Å². The highest BCUT2D eigenvalue weighted by molar-refractivity contribution is 5.87. The summed E-state index contributed by atoms with van der Waals surface area (Å²) in [5.74, 6) is 2.22. The summed E-state index contributed by atoms with van der Waals surface area (Å²) in [6.07, 6.45) is 1.69. The van der Waals surface area contributed by atoms with Crippen molar-refractivity contribution in [1.29, 1.82) is 0 Å². The molecule has 5 heteroatoms. The number of phenolic OH excluding ortho intramolecular Hbond substituents is 1. The van der Waals surface area contributed by atoms with Gasteiger partial charge in [0.1, 0.15) is 11.5 Å². The minimum atomic E-state index is 0.213. The summed E-state index contributed by atoms with van der Waals surface area (Å²) in [6.45, 7) is 0.219. The van der Waals surface area contributed by atoms with Gasteiger partial charge in [0.2, 0.25) is 6.79 Å². The van der Waals surface area contributed by atoms with Gasteiger partial charge in [-0.2, -0.15) is 0 Å². The lowest BCUT2D eigenvalue weighted by atomic mass is 10.2. The van der Waals surface area contributed by atoms with Gasteiger partial charge in [0.25, 0.3) is 0 Å². The standard InChI is InChI=1S/C15H13NO4/c1-18-13-7-15-14(19-9-20-15)6-10(13)8-16-11-2-4-12(17)5-3-11/h2-8,17H,9H2,1H3. The predicted molar refractivity (Wildman–Crippen MR) is 74.5 cm³/mol. The molecule has 1 aliphatic rings. The Balaban J connectivity index is 1.91. The number of fused-ring (bicyclic) bond motifs is 1. The topological polar surface area (TPSA) is 60.3 Å². The lowest BCUT2D eigenvalue weighted by Gasteiger charge is -2.06. The molecule has 0 saturated heterocycles. The Morgan fingerprint density at radius 2 is 1.85 bits per heavy atom. The maximum Gasteiger partial charge on any atom is 0.231 e. The number of rotatable bonds is 3. The van der Waals surface area contributed by atoms with Crippen LogP contribution in [0.4, 0.5) is 5.69 Å². The Hall–Kier alpha value is -2.69. The maximum absolute atomic E-state index is 9.23. The van der Waals surface area contributed by atoms with E-state index in [1.165, 1.54) is 0 Å². The Labute approximate surface area is 116 Å². The molecule has 0 aliphatic carbocycles. The first kappa shape index (κ1) is 12.3. The minimum absolute atomic E-state index is 0.213. The number of aliphatic imine (C=N–C) groups is 1. The van der Waals surface area contributed by atoms with Crippen LogP contribution in [0.3, 0.4) is 0 Å². The lowest BCUT2D eigenvalue weighted by molar-refractivity contribution is 0.174. The van der Waals surface area contributed by atoms with Crippen molar-refractivity contribution in [1.82, 2.24) is 0 Å². The Morgan fingerprint density at radius 3 is 2.55 bits per heavy atom. The molecule has 0 bridgehead atoms. The Morgan fingerprint density at radius 1 is 1.15 bits per heavy atom. The first-order valence-corrected chi connectivity index (χ1v) is 6.07. The highest BCUT2D eigenvalue weighted by Crippen LogP contribution is 2.37. The van der Waals surface area contributed by atoms with E-state index in [0.717, 1.165) is 11.3 Å². The van der Waals surface area contributed by atoms with Crippen molar-refractivity contribution in [2.45, 2.75) is 0 Å². The number of ether oxygens (including phenoxy) is 3. The smallest absolute Gasteiger partial charge is 0.231 e. The van der Waals surface area contributed by atoms with E-state index < -0.39 is 0 Å². The van der Waals surface area contributed by atoms with E-state index in [0.29, 0.717) is 17.2 Å². The molecule has 102 valence electrons. The van der Waals surface area contributed by atoms with Crippen LogP contribution >= 0.6 is 0 Å². The monoisotopic (exact) mass is 271 g/mol. The zero-order chi connectivity index (χ0) is 13.9. The molecule has 20 heavy (non-hydrogen) atoms. The van der Waals surface area contributed by atoms with Gasteiger partial charge >= 0.3 is 0 Å². The van der Waals surface area contributed by atoms with Crippen molar-refractivity contribution in [3.63, 3.8) is 0 Å². The molecular formula is C15H13NO4. The molecule has 0 aromatic heterocycles. The number of aromatic hydroxyl groups is 1. The molecule has 1 N–H and O–H groups in total. The van der Waals surface area contributed by atoms with Crippen LogP contribution in [0.25, 0.3) is 0 Å². The van der Waals surface area contributed by atoms with Crippen LogP contribution in [0.2, 0.25) is 0 Å². The van der Waals surface area contributed by atoms with E-state index >= 15 is 0 Å². The molecule has 2 aromatic rings. The number of benzene rings is 2. The van der Waals surface area contributed by atoms with E-state index in [2.05, 4.69) is 4.99 Å². The molecule has 0 radical (unpaired) electrons. The molecular weight excluding hydrogens is 258 g/mol. The highest BCUT2D eigenvalue weighted by atomic mass is 16.7. The fraction of sp³-hybridized carbons (Fsp3) is 0.133. The molecule has 1 aliphatic heterocycles. The second kappa shape index (κ2) is 5.13. The van der Waals surface area contributed by atoms with Crippen LogP contribution in [-0.4, -0.2) is 25.2 Å². The second-order valence-electron chi connectivity index (χ2n) is 4.22. The maximum atomic E-state index is 9.23. The van der Waals surface area contributed by atoms with Crippen molar-refractivity contribution in [2.75, 3.05) is 13.9 Å². The average Bonchev–Trinajstić information content (AvgIpc) is 2.92. The molecule has 0 fully saturated rings. The van der Waals surface area contributed by atoms with Crippen LogP contribution in [0.15, 0.2) is 41.4 Å². The van der Waals surface area contributed by atoms with Crippen molar-refractivity contribution in [3.05, 3.63) is 42.0 Å². The van der Waals surface area contributed by atoms with Crippen molar-refractivity contribution < 1.29 is 19.3 Å². The second-order valence-corrected chi connectivity index (χ2v) is 4.22. The van der Waals surface area contributed by atoms with Gasteiger partial charge in [-0.25, -0.2) is 0 Å². The van der Waals surface area contributed by atoms with Gasteiger partial charge in [0.15, 0.2) is 11.5 Å². The van der Waals surface area contributed by atoms with Crippen LogP contribution in [0, 0.1) is 0 Å². The zero-order valence-electron chi connectivity index (χ0n) is 10.9. The molecule has 1 heterocycles. The van der Waals surface area contributed by atoms with Crippen LogP contribution in [-0.2, 0) is 0 Å². The van der Waals surface area contributed by atoms with E-state index in [-0.39, 0.29) is 12.5 Å². The molecule has 3 rings (SSSR count). The third kappa shape index (κ3) is 2.38. The van der Waals surface area contributed by atoms with E-state index in [1.54, 1.807) is 43.7 Å². The van der Waals surface area contributed by atoms with Gasteiger partial charge in [-0.05, 0) is 30.3 Å². The zero-order valence-corrected chi connectivity index (χ0v) is 10.9. The van der Waals surface area contributed by atoms with Crippen molar-refractivity contribution in [3.8, 4) is 23.0 Å². The Bertz CT molecular complexity index is 650. The summed E-state index contributed by atoms with van der Waals surface area (Å²) < 4.78 is 15.9. The SMILES string of the molecule is COc1cc2c(cc1C=Nc1ccc(O)cc1)OCO2. The Kier molecular flexibility index (Phi) is 3.16. The minimum Gasteiger partial charge on any atom is -0.508 e. The van der Waals surface area contributed by atoms with E-state index in [9.17, 15) is 5.11 Å². The summed E-state index contributed by atoms with van der Waals surface area (Å²) in [6, 6.07) is 10.2. The number of methoxy groups -OCH3 is 1. The third-order valence-corrected chi connectivity index (χ3v) is 2.93. The molecule has 5 nitrogen and oxygen atoms in total. The van der Waals surface area contributed by atoms with Gasteiger partial charge in [-0.1, -0.05) is 0 Å². The van der Waals surface area contributed by atoms with Gasteiger partial charge < -0.3 is 19.3 Å². The largest absolute Gasteiger partial charge is 0.508 e. The lowest BCUT2D eigenvalue weighted by Crippen LogP contribution is -1.92. The normalized spacial score (nSPS) is 12.8. The molecule has 0 unspecified atom stereocenters. The van der Waals surface area contributed by atoms with E-state index in [4.69, 9.17) is 14.2 Å². The van der Waals surface area contributed by atoms with Gasteiger partial charge in [0.05, 0.1) is 12.8 Å².